The fourth-order valence-corrected chi connectivity index (χ4v) is 4.79. The van der Waals surface area contributed by atoms with E-state index in [4.69, 9.17) is 10.1 Å². The number of piperazine rings is 1. The molecule has 1 saturated heterocycles. The molecule has 5 rings (SSSR count). The second-order valence-electron chi connectivity index (χ2n) is 11.6. The Morgan fingerprint density at radius 2 is 1.60 bits per heavy atom. The molecule has 0 saturated carbocycles. The Morgan fingerprint density at radius 3 is 2.24 bits per heavy atom. The first-order chi connectivity index (χ1) is 20.0. The van der Waals surface area contributed by atoms with Gasteiger partial charge in [0.25, 0.3) is 5.91 Å². The fourth-order valence-electron chi connectivity index (χ4n) is 4.79. The molecule has 10 heteroatoms. The van der Waals surface area contributed by atoms with Crippen molar-refractivity contribution < 1.29 is 14.0 Å². The van der Waals surface area contributed by atoms with Crippen LogP contribution in [0.5, 0.6) is 0 Å². The SMILES string of the molecule is Cc1ccc(-n2nc(C(C)(C)C)cc2NC(=O)Nc2ccc(N3CCN(C(=O)c4cccc(F)c4)CC3)nc2C)cc1. The second kappa shape index (κ2) is 11.6. The number of anilines is 3. The van der Waals surface area contributed by atoms with Crippen molar-refractivity contribution in [2.45, 2.75) is 40.0 Å². The van der Waals surface area contributed by atoms with Crippen LogP contribution in [-0.4, -0.2) is 57.8 Å². The molecule has 9 nitrogen and oxygen atoms in total. The lowest BCUT2D eigenvalue weighted by atomic mass is 9.92. The number of nitrogens with one attached hydrogen (secondary N) is 2. The van der Waals surface area contributed by atoms with Gasteiger partial charge in [0.05, 0.1) is 22.8 Å². The summed E-state index contributed by atoms with van der Waals surface area (Å²) in [6.07, 6.45) is 0. The van der Waals surface area contributed by atoms with E-state index in [-0.39, 0.29) is 11.3 Å². The number of aryl methyl sites for hydroxylation is 2. The molecule has 0 spiro atoms. The number of pyridine rings is 1. The molecule has 0 radical (unpaired) electrons. The van der Waals surface area contributed by atoms with Crippen molar-refractivity contribution in [1.29, 1.82) is 0 Å². The fraction of sp³-hybridized carbons (Fsp3) is 0.312. The Labute approximate surface area is 245 Å². The van der Waals surface area contributed by atoms with E-state index in [2.05, 4.69) is 36.3 Å². The summed E-state index contributed by atoms with van der Waals surface area (Å²) >= 11 is 0. The van der Waals surface area contributed by atoms with Crippen LogP contribution in [0.2, 0.25) is 0 Å². The number of rotatable bonds is 5. The van der Waals surface area contributed by atoms with E-state index >= 15 is 0 Å². The number of aromatic nitrogens is 3. The largest absolute Gasteiger partial charge is 0.353 e. The van der Waals surface area contributed by atoms with Gasteiger partial charge in [-0.1, -0.05) is 44.5 Å². The summed E-state index contributed by atoms with van der Waals surface area (Å²) in [4.78, 5) is 34.4. The van der Waals surface area contributed by atoms with Gasteiger partial charge in [0, 0.05) is 43.2 Å². The molecule has 2 N–H and O–H groups in total. The van der Waals surface area contributed by atoms with E-state index in [1.165, 1.54) is 12.1 Å². The van der Waals surface area contributed by atoms with Crippen molar-refractivity contribution in [3.8, 4) is 5.69 Å². The highest BCUT2D eigenvalue weighted by Gasteiger charge is 2.24. The van der Waals surface area contributed by atoms with Crippen LogP contribution < -0.4 is 15.5 Å². The molecule has 0 atom stereocenters. The number of carbonyl (C=O) groups excluding carboxylic acids is 2. The molecule has 1 aliphatic rings. The minimum atomic E-state index is -0.423. The topological polar surface area (TPSA) is 95.4 Å². The van der Waals surface area contributed by atoms with Crippen LogP contribution in [0, 0.1) is 19.7 Å². The Bertz CT molecular complexity index is 1600. The first-order valence-electron chi connectivity index (χ1n) is 14.0. The first-order valence-corrected chi connectivity index (χ1v) is 14.0. The first kappa shape index (κ1) is 28.8. The van der Waals surface area contributed by atoms with E-state index in [9.17, 15) is 14.0 Å². The van der Waals surface area contributed by atoms with Gasteiger partial charge in [0.2, 0.25) is 0 Å². The number of carbonyl (C=O) groups is 2. The standard InChI is InChI=1S/C32H36FN7O2/c1-21-9-11-25(12-10-21)40-29(20-27(37-40)32(3,4)5)36-31(42)35-26-13-14-28(34-22(26)2)38-15-17-39(18-16-38)30(41)23-7-6-8-24(33)19-23/h6-14,19-20H,15-18H2,1-5H3,(H2,35,36,42). The van der Waals surface area contributed by atoms with Crippen LogP contribution >= 0.6 is 0 Å². The van der Waals surface area contributed by atoms with Gasteiger partial charge in [-0.3, -0.25) is 10.1 Å². The third-order valence-corrected chi connectivity index (χ3v) is 7.28. The van der Waals surface area contributed by atoms with Crippen molar-refractivity contribution in [3.05, 3.63) is 95.1 Å². The Hall–Kier alpha value is -4.73. The smallest absolute Gasteiger partial charge is 0.324 e. The molecule has 2 aromatic carbocycles. The zero-order valence-electron chi connectivity index (χ0n) is 24.6. The summed E-state index contributed by atoms with van der Waals surface area (Å²) in [6, 6.07) is 18.9. The molecular formula is C32H36FN7O2. The summed E-state index contributed by atoms with van der Waals surface area (Å²) in [5.74, 6) is 0.730. The van der Waals surface area contributed by atoms with Gasteiger partial charge in [-0.25, -0.2) is 18.9 Å². The van der Waals surface area contributed by atoms with Crippen molar-refractivity contribution >= 4 is 29.3 Å². The van der Waals surface area contributed by atoms with Crippen LogP contribution in [0.15, 0.2) is 66.7 Å². The monoisotopic (exact) mass is 569 g/mol. The number of halogens is 1. The third kappa shape index (κ3) is 6.43. The third-order valence-electron chi connectivity index (χ3n) is 7.28. The van der Waals surface area contributed by atoms with Crippen molar-refractivity contribution in [2.75, 3.05) is 41.7 Å². The summed E-state index contributed by atoms with van der Waals surface area (Å²) in [7, 11) is 0. The molecule has 1 aliphatic heterocycles. The molecule has 0 aliphatic carbocycles. The maximum atomic E-state index is 13.6. The van der Waals surface area contributed by atoms with Crippen LogP contribution in [-0.2, 0) is 5.41 Å². The van der Waals surface area contributed by atoms with E-state index in [1.807, 2.05) is 56.3 Å². The summed E-state index contributed by atoms with van der Waals surface area (Å²) in [5, 5.41) is 10.6. The number of urea groups is 1. The number of benzene rings is 2. The highest BCUT2D eigenvalue weighted by atomic mass is 19.1. The Morgan fingerprint density at radius 1 is 0.881 bits per heavy atom. The molecule has 42 heavy (non-hydrogen) atoms. The van der Waals surface area contributed by atoms with Gasteiger partial charge in [0.15, 0.2) is 0 Å². The van der Waals surface area contributed by atoms with Crippen LogP contribution in [0.4, 0.5) is 26.5 Å². The average molecular weight is 570 g/mol. The second-order valence-corrected chi connectivity index (χ2v) is 11.6. The molecule has 4 aromatic rings. The van der Waals surface area contributed by atoms with Gasteiger partial charge in [0.1, 0.15) is 17.5 Å². The summed E-state index contributed by atoms with van der Waals surface area (Å²) in [6.45, 7) is 12.3. The van der Waals surface area contributed by atoms with Gasteiger partial charge in [-0.15, -0.1) is 0 Å². The van der Waals surface area contributed by atoms with Gasteiger partial charge in [-0.2, -0.15) is 5.10 Å². The van der Waals surface area contributed by atoms with E-state index < -0.39 is 11.8 Å². The lowest BCUT2D eigenvalue weighted by Crippen LogP contribution is -2.49. The van der Waals surface area contributed by atoms with E-state index in [0.717, 1.165) is 22.8 Å². The molecule has 3 amide bonds. The summed E-state index contributed by atoms with van der Waals surface area (Å²) in [5.41, 5.74) is 4.27. The van der Waals surface area contributed by atoms with Crippen molar-refractivity contribution in [3.63, 3.8) is 0 Å². The van der Waals surface area contributed by atoms with E-state index in [0.29, 0.717) is 48.9 Å². The Balaban J connectivity index is 1.24. The number of nitrogens with zero attached hydrogens (tertiary/aromatic N) is 5. The maximum absolute atomic E-state index is 13.6. The van der Waals surface area contributed by atoms with Gasteiger partial charge >= 0.3 is 6.03 Å². The molecular weight excluding hydrogens is 533 g/mol. The lowest BCUT2D eigenvalue weighted by molar-refractivity contribution is 0.0746. The van der Waals surface area contributed by atoms with Gasteiger partial charge in [-0.05, 0) is 56.3 Å². The number of hydrogen-bond acceptors (Lipinski definition) is 5. The predicted octanol–water partition coefficient (Wildman–Crippen LogP) is 5.93. The molecule has 0 unspecified atom stereocenters. The van der Waals surface area contributed by atoms with Crippen molar-refractivity contribution in [1.82, 2.24) is 19.7 Å². The molecule has 1 fully saturated rings. The highest BCUT2D eigenvalue weighted by molar-refractivity contribution is 6.00. The average Bonchev–Trinajstić information content (AvgIpc) is 3.38. The van der Waals surface area contributed by atoms with Crippen LogP contribution in [0.1, 0.15) is 48.1 Å². The van der Waals surface area contributed by atoms with Crippen LogP contribution in [0.3, 0.4) is 0 Å². The number of hydrogen-bond donors (Lipinski definition) is 2. The zero-order valence-corrected chi connectivity index (χ0v) is 24.6. The highest BCUT2D eigenvalue weighted by Crippen LogP contribution is 2.27. The minimum absolute atomic E-state index is 0.179. The molecule has 218 valence electrons. The normalized spacial score (nSPS) is 13.7. The molecule has 2 aromatic heterocycles. The maximum Gasteiger partial charge on any atom is 0.324 e. The van der Waals surface area contributed by atoms with Crippen molar-refractivity contribution in [2.24, 2.45) is 0 Å². The number of amides is 3. The lowest BCUT2D eigenvalue weighted by Gasteiger charge is -2.35. The molecule has 3 heterocycles. The molecule has 0 bridgehead atoms. The van der Waals surface area contributed by atoms with E-state index in [1.54, 1.807) is 21.7 Å². The predicted molar refractivity (Wildman–Crippen MR) is 163 cm³/mol. The zero-order chi connectivity index (χ0) is 30.0. The summed E-state index contributed by atoms with van der Waals surface area (Å²) < 4.78 is 15.3. The van der Waals surface area contributed by atoms with Gasteiger partial charge < -0.3 is 15.1 Å². The minimum Gasteiger partial charge on any atom is -0.353 e. The quantitative estimate of drug-likeness (QED) is 0.311. The Kier molecular flexibility index (Phi) is 7.98. The van der Waals surface area contributed by atoms with Crippen LogP contribution in [0.25, 0.3) is 5.69 Å².